The van der Waals surface area contributed by atoms with Gasteiger partial charge < -0.3 is 14.8 Å². The van der Waals surface area contributed by atoms with Crippen molar-refractivity contribution in [3.8, 4) is 0 Å². The molecule has 0 aliphatic carbocycles. The Balaban J connectivity index is 4.19. The Bertz CT molecular complexity index is 292. The summed E-state index contributed by atoms with van der Waals surface area (Å²) in [5, 5.41) is 2.60. The minimum atomic E-state index is -0.625. The van der Waals surface area contributed by atoms with Gasteiger partial charge in [0.25, 0.3) is 0 Å². The van der Waals surface area contributed by atoms with Crippen molar-refractivity contribution in [1.82, 2.24) is 5.32 Å². The zero-order valence-corrected chi connectivity index (χ0v) is 13.9. The molecule has 5 heteroatoms. The summed E-state index contributed by atoms with van der Waals surface area (Å²) in [5.74, 6) is -0.0808. The lowest BCUT2D eigenvalue weighted by Crippen LogP contribution is -2.43. The molecule has 0 aliphatic heterocycles. The number of alkyl carbamates (subject to hydrolysis) is 1. The predicted octanol–water partition coefficient (Wildman–Crippen LogP) is 3.66. The van der Waals surface area contributed by atoms with Crippen LogP contribution in [0.2, 0.25) is 0 Å². The summed E-state index contributed by atoms with van der Waals surface area (Å²) in [7, 11) is 0. The zero-order valence-electron chi connectivity index (χ0n) is 13.9. The van der Waals surface area contributed by atoms with E-state index in [-0.39, 0.29) is 11.9 Å². The van der Waals surface area contributed by atoms with Crippen LogP contribution in [0, 0.1) is 5.92 Å². The van der Waals surface area contributed by atoms with Gasteiger partial charge in [0, 0.05) is 0 Å². The molecular weight excluding hydrogens is 270 g/mol. The number of unbranched alkanes of at least 4 members (excludes halogenated alkanes) is 3. The van der Waals surface area contributed by atoms with Crippen molar-refractivity contribution in [2.24, 2.45) is 5.92 Å². The van der Waals surface area contributed by atoms with Gasteiger partial charge in [-0.3, -0.25) is 0 Å². The maximum Gasteiger partial charge on any atom is 0.407 e. The van der Waals surface area contributed by atoms with E-state index in [9.17, 15) is 9.59 Å². The molecule has 0 rings (SSSR count). The summed E-state index contributed by atoms with van der Waals surface area (Å²) >= 11 is 0. The van der Waals surface area contributed by atoms with Gasteiger partial charge in [0.05, 0.1) is 13.2 Å². The second-order valence-corrected chi connectivity index (χ2v) is 5.69. The molecule has 124 valence electrons. The van der Waals surface area contributed by atoms with Gasteiger partial charge >= 0.3 is 12.1 Å². The van der Waals surface area contributed by atoms with Gasteiger partial charge in [-0.1, -0.05) is 47.0 Å². The van der Waals surface area contributed by atoms with Crippen LogP contribution in [0.25, 0.3) is 0 Å². The SMILES string of the molecule is CCCCCCOC(=O)[C@H](CC(C)C)NC(=O)OCCC. The van der Waals surface area contributed by atoms with E-state index in [1.54, 1.807) is 0 Å². The number of hydrogen-bond donors (Lipinski definition) is 1. The average molecular weight is 301 g/mol. The summed E-state index contributed by atoms with van der Waals surface area (Å²) in [6, 6.07) is -0.625. The fourth-order valence-corrected chi connectivity index (χ4v) is 1.87. The van der Waals surface area contributed by atoms with Crippen molar-refractivity contribution >= 4 is 12.1 Å². The van der Waals surface area contributed by atoms with Crippen LogP contribution in [-0.4, -0.2) is 31.3 Å². The number of nitrogens with one attached hydrogen (secondary N) is 1. The van der Waals surface area contributed by atoms with Crippen molar-refractivity contribution in [3.05, 3.63) is 0 Å². The van der Waals surface area contributed by atoms with Crippen LogP contribution in [0.15, 0.2) is 0 Å². The molecule has 0 aromatic rings. The fourth-order valence-electron chi connectivity index (χ4n) is 1.87. The van der Waals surface area contributed by atoms with E-state index < -0.39 is 12.1 Å². The highest BCUT2D eigenvalue weighted by atomic mass is 16.6. The van der Waals surface area contributed by atoms with E-state index in [0.29, 0.717) is 19.6 Å². The van der Waals surface area contributed by atoms with E-state index >= 15 is 0 Å². The number of carbonyl (C=O) groups excluding carboxylic acids is 2. The molecule has 1 N–H and O–H groups in total. The first-order chi connectivity index (χ1) is 10.0. The molecule has 0 aromatic carbocycles. The average Bonchev–Trinajstić information content (AvgIpc) is 2.43. The molecular formula is C16H31NO4. The molecule has 0 saturated carbocycles. The first kappa shape index (κ1) is 19.7. The van der Waals surface area contributed by atoms with Crippen LogP contribution < -0.4 is 5.32 Å². The lowest BCUT2D eigenvalue weighted by molar-refractivity contribution is -0.146. The third-order valence-electron chi connectivity index (χ3n) is 2.96. The Labute approximate surface area is 128 Å². The Morgan fingerprint density at radius 2 is 1.67 bits per heavy atom. The summed E-state index contributed by atoms with van der Waals surface area (Å²) in [4.78, 5) is 23.6. The highest BCUT2D eigenvalue weighted by molar-refractivity contribution is 5.81. The Hall–Kier alpha value is -1.26. The van der Waals surface area contributed by atoms with E-state index in [1.807, 2.05) is 20.8 Å². The van der Waals surface area contributed by atoms with Crippen LogP contribution >= 0.6 is 0 Å². The van der Waals surface area contributed by atoms with Gasteiger partial charge in [0.1, 0.15) is 6.04 Å². The maximum atomic E-state index is 12.0. The molecule has 0 radical (unpaired) electrons. The molecule has 0 spiro atoms. The lowest BCUT2D eigenvalue weighted by Gasteiger charge is -2.19. The number of esters is 1. The van der Waals surface area contributed by atoms with E-state index in [0.717, 1.165) is 32.1 Å². The van der Waals surface area contributed by atoms with Gasteiger partial charge in [-0.15, -0.1) is 0 Å². The van der Waals surface area contributed by atoms with Crippen LogP contribution in [0.5, 0.6) is 0 Å². The van der Waals surface area contributed by atoms with Gasteiger partial charge in [0.2, 0.25) is 0 Å². The standard InChI is InChI=1S/C16H31NO4/c1-5-7-8-9-11-20-15(18)14(12-13(3)4)17-16(19)21-10-6-2/h13-14H,5-12H2,1-4H3,(H,17,19)/t14-/m0/s1. The molecule has 0 bridgehead atoms. The van der Waals surface area contributed by atoms with Gasteiger partial charge in [-0.05, 0) is 25.2 Å². The molecule has 0 fully saturated rings. The van der Waals surface area contributed by atoms with E-state index in [1.165, 1.54) is 0 Å². The predicted molar refractivity (Wildman–Crippen MR) is 83.1 cm³/mol. The molecule has 1 amide bonds. The molecule has 0 saturated heterocycles. The monoisotopic (exact) mass is 301 g/mol. The van der Waals surface area contributed by atoms with Gasteiger partial charge in [-0.25, -0.2) is 9.59 Å². The normalized spacial score (nSPS) is 12.0. The minimum absolute atomic E-state index is 0.286. The largest absolute Gasteiger partial charge is 0.464 e. The second kappa shape index (κ2) is 12.5. The van der Waals surface area contributed by atoms with Crippen molar-refractivity contribution in [2.45, 2.75) is 72.3 Å². The summed E-state index contributed by atoms with van der Waals surface area (Å²) in [6.45, 7) is 8.83. The van der Waals surface area contributed by atoms with Crippen molar-refractivity contribution in [2.75, 3.05) is 13.2 Å². The smallest absolute Gasteiger partial charge is 0.407 e. The minimum Gasteiger partial charge on any atom is -0.464 e. The summed E-state index contributed by atoms with van der Waals surface area (Å²) < 4.78 is 10.2. The van der Waals surface area contributed by atoms with Crippen molar-refractivity contribution in [1.29, 1.82) is 0 Å². The molecule has 5 nitrogen and oxygen atoms in total. The van der Waals surface area contributed by atoms with Crippen LogP contribution in [-0.2, 0) is 14.3 Å². The molecule has 1 atom stereocenters. The quantitative estimate of drug-likeness (QED) is 0.467. The number of hydrogen-bond acceptors (Lipinski definition) is 4. The lowest BCUT2D eigenvalue weighted by atomic mass is 10.0. The second-order valence-electron chi connectivity index (χ2n) is 5.69. The molecule has 0 unspecified atom stereocenters. The molecule has 21 heavy (non-hydrogen) atoms. The molecule has 0 aliphatic rings. The topological polar surface area (TPSA) is 64.6 Å². The third kappa shape index (κ3) is 11.1. The Morgan fingerprint density at radius 3 is 2.24 bits per heavy atom. The van der Waals surface area contributed by atoms with Gasteiger partial charge in [0.15, 0.2) is 0 Å². The van der Waals surface area contributed by atoms with Crippen LogP contribution in [0.3, 0.4) is 0 Å². The number of ether oxygens (including phenoxy) is 2. The van der Waals surface area contributed by atoms with Crippen LogP contribution in [0.4, 0.5) is 4.79 Å². The van der Waals surface area contributed by atoms with E-state index in [4.69, 9.17) is 9.47 Å². The first-order valence-corrected chi connectivity index (χ1v) is 8.11. The first-order valence-electron chi connectivity index (χ1n) is 8.11. The highest BCUT2D eigenvalue weighted by Gasteiger charge is 2.23. The van der Waals surface area contributed by atoms with Crippen molar-refractivity contribution < 1.29 is 19.1 Å². The number of carbonyl (C=O) groups is 2. The Morgan fingerprint density at radius 1 is 0.952 bits per heavy atom. The number of rotatable bonds is 11. The zero-order chi connectivity index (χ0) is 16.1. The fraction of sp³-hybridized carbons (Fsp3) is 0.875. The summed E-state index contributed by atoms with van der Waals surface area (Å²) in [6.07, 6.45) is 4.98. The van der Waals surface area contributed by atoms with Gasteiger partial charge in [-0.2, -0.15) is 0 Å². The van der Waals surface area contributed by atoms with Crippen LogP contribution in [0.1, 0.15) is 66.2 Å². The highest BCUT2D eigenvalue weighted by Crippen LogP contribution is 2.08. The maximum absolute atomic E-state index is 12.0. The molecule has 0 heterocycles. The summed E-state index contributed by atoms with van der Waals surface area (Å²) in [5.41, 5.74) is 0. The number of amides is 1. The van der Waals surface area contributed by atoms with Crippen molar-refractivity contribution in [3.63, 3.8) is 0 Å². The third-order valence-corrected chi connectivity index (χ3v) is 2.96. The Kier molecular flexibility index (Phi) is 11.7. The molecule has 0 aromatic heterocycles. The van der Waals surface area contributed by atoms with E-state index in [2.05, 4.69) is 12.2 Å².